The summed E-state index contributed by atoms with van der Waals surface area (Å²) in [6, 6.07) is 32.8. The van der Waals surface area contributed by atoms with Crippen LogP contribution in [0.2, 0.25) is 0 Å². The summed E-state index contributed by atoms with van der Waals surface area (Å²) in [6.45, 7) is 0.266. The molecule has 6 aromatic rings. The molecule has 0 spiro atoms. The molecule has 47 heavy (non-hydrogen) atoms. The van der Waals surface area contributed by atoms with E-state index in [9.17, 15) is 19.5 Å². The van der Waals surface area contributed by atoms with Crippen LogP contribution >= 0.6 is 0 Å². The number of nitrogens with zero attached hydrogens (tertiary/aromatic N) is 3. The molecule has 1 heterocycles. The predicted molar refractivity (Wildman–Crippen MR) is 178 cm³/mol. The van der Waals surface area contributed by atoms with Gasteiger partial charge in [-0.1, -0.05) is 97.1 Å². The highest BCUT2D eigenvalue weighted by molar-refractivity contribution is 5.98. The number of carbonyl (C=O) groups is 3. The Bertz CT molecular complexity index is 2090. The molecule has 0 bridgehead atoms. The minimum Gasteiger partial charge on any atom is -0.475 e. The number of carbonyl (C=O) groups excluding carboxylic acids is 2. The lowest BCUT2D eigenvalue weighted by Gasteiger charge is -2.30. The molecule has 0 aliphatic heterocycles. The molecule has 5 aromatic carbocycles. The Morgan fingerprint density at radius 1 is 0.787 bits per heavy atom. The van der Waals surface area contributed by atoms with Crippen molar-refractivity contribution in [3.8, 4) is 0 Å². The molecule has 10 nitrogen and oxygen atoms in total. The summed E-state index contributed by atoms with van der Waals surface area (Å²) in [6.07, 6.45) is 0.451. The minimum absolute atomic E-state index is 0.0298. The maximum atomic E-state index is 14.4. The van der Waals surface area contributed by atoms with Gasteiger partial charge < -0.3 is 25.6 Å². The van der Waals surface area contributed by atoms with Crippen molar-refractivity contribution in [2.75, 3.05) is 7.05 Å². The smallest absolute Gasteiger partial charge is 0.377 e. The fourth-order valence-electron chi connectivity index (χ4n) is 5.72. The zero-order valence-corrected chi connectivity index (χ0v) is 25.7. The number of hydrogen-bond acceptors (Lipinski definition) is 7. The summed E-state index contributed by atoms with van der Waals surface area (Å²) in [4.78, 5) is 45.2. The van der Waals surface area contributed by atoms with Crippen LogP contribution in [0.5, 0.6) is 0 Å². The molecule has 2 atom stereocenters. The molecular weight excluding hydrogens is 594 g/mol. The van der Waals surface area contributed by atoms with Gasteiger partial charge >= 0.3 is 5.97 Å². The molecule has 0 radical (unpaired) electrons. The number of nitrogens with two attached hydrogens (primary N) is 1. The Kier molecular flexibility index (Phi) is 9.03. The van der Waals surface area contributed by atoms with E-state index in [1.165, 1.54) is 4.90 Å². The molecule has 4 N–H and O–H groups in total. The molecule has 2 amide bonds. The molecule has 236 valence electrons. The first kappa shape index (κ1) is 31.1. The first-order valence-electron chi connectivity index (χ1n) is 15.2. The van der Waals surface area contributed by atoms with Crippen LogP contribution in [-0.2, 0) is 24.2 Å². The van der Waals surface area contributed by atoms with Crippen molar-refractivity contribution >= 4 is 39.3 Å². The third-order valence-corrected chi connectivity index (χ3v) is 8.26. The van der Waals surface area contributed by atoms with E-state index >= 15 is 0 Å². The van der Waals surface area contributed by atoms with E-state index in [-0.39, 0.29) is 25.3 Å². The van der Waals surface area contributed by atoms with Crippen molar-refractivity contribution < 1.29 is 24.0 Å². The van der Waals surface area contributed by atoms with Crippen molar-refractivity contribution in [1.29, 1.82) is 0 Å². The van der Waals surface area contributed by atoms with Crippen LogP contribution < -0.4 is 11.1 Å². The second kappa shape index (κ2) is 13.6. The highest BCUT2D eigenvalue weighted by atomic mass is 16.5. The molecule has 0 unspecified atom stereocenters. The Morgan fingerprint density at radius 3 is 2.00 bits per heavy atom. The van der Waals surface area contributed by atoms with Crippen LogP contribution in [0, 0.1) is 0 Å². The third-order valence-electron chi connectivity index (χ3n) is 8.26. The van der Waals surface area contributed by atoms with Crippen molar-refractivity contribution in [1.82, 2.24) is 20.4 Å². The number of rotatable bonds is 11. The van der Waals surface area contributed by atoms with Gasteiger partial charge in [0.15, 0.2) is 0 Å². The number of hydrogen-bond donors (Lipinski definition) is 3. The topological polar surface area (TPSA) is 152 Å². The van der Waals surface area contributed by atoms with Crippen LogP contribution in [0.4, 0.5) is 0 Å². The number of nitrogens with one attached hydrogen (secondary N) is 1. The standard InChI is InChI=1S/C37H33N5O5/c1-42(32(35-40-33(37(45)46)41-47-35)21-24-14-16-27-9-3-5-11-29(27)18-24)36(44)31(39-34(43)30-12-6-7-25(19-30)22-38)20-23-13-15-26-8-2-4-10-28(26)17-23/h2-19,31-32H,20-22,38H2,1H3,(H,39,43)(H,45,46)/t31-,32-/m1/s1. The van der Waals surface area contributed by atoms with E-state index in [0.29, 0.717) is 5.56 Å². The lowest BCUT2D eigenvalue weighted by Crippen LogP contribution is -2.49. The van der Waals surface area contributed by atoms with Crippen LogP contribution in [0.3, 0.4) is 0 Å². The molecule has 6 rings (SSSR count). The van der Waals surface area contributed by atoms with Gasteiger partial charge in [0.05, 0.1) is 0 Å². The fourth-order valence-corrected chi connectivity index (χ4v) is 5.72. The number of aromatic nitrogens is 2. The van der Waals surface area contributed by atoms with Gasteiger partial charge in [-0.25, -0.2) is 4.79 Å². The summed E-state index contributed by atoms with van der Waals surface area (Å²) in [5.41, 5.74) is 8.70. The van der Waals surface area contributed by atoms with Gasteiger partial charge in [-0.05, 0) is 55.5 Å². The normalized spacial score (nSPS) is 12.5. The summed E-state index contributed by atoms with van der Waals surface area (Å²) in [5.74, 6) is -2.73. The van der Waals surface area contributed by atoms with Gasteiger partial charge in [0.1, 0.15) is 12.1 Å². The van der Waals surface area contributed by atoms with Gasteiger partial charge in [-0.2, -0.15) is 4.98 Å². The van der Waals surface area contributed by atoms with Gasteiger partial charge in [0, 0.05) is 32.0 Å². The highest BCUT2D eigenvalue weighted by Gasteiger charge is 2.33. The fraction of sp³-hybridized carbons (Fsp3) is 0.162. The SMILES string of the molecule is CN(C(=O)[C@@H](Cc1ccc2ccccc2c1)NC(=O)c1cccc(CN)c1)[C@H](Cc1ccc2ccccc2c1)c1nc(C(=O)O)no1. The molecular formula is C37H33N5O5. The number of aromatic carboxylic acids is 1. The minimum atomic E-state index is -1.35. The van der Waals surface area contributed by atoms with E-state index < -0.39 is 35.7 Å². The number of carboxylic acid groups (broad SMARTS) is 1. The number of amides is 2. The maximum Gasteiger partial charge on any atom is 0.377 e. The first-order chi connectivity index (χ1) is 22.8. The van der Waals surface area contributed by atoms with Crippen molar-refractivity contribution in [2.45, 2.75) is 31.5 Å². The Hall–Kier alpha value is -5.87. The highest BCUT2D eigenvalue weighted by Crippen LogP contribution is 2.27. The lowest BCUT2D eigenvalue weighted by atomic mass is 9.98. The van der Waals surface area contributed by atoms with Crippen LogP contribution in [0.25, 0.3) is 21.5 Å². The number of benzene rings is 5. The molecule has 10 heteroatoms. The Labute approximate surface area is 270 Å². The van der Waals surface area contributed by atoms with Crippen molar-refractivity contribution in [2.24, 2.45) is 5.73 Å². The van der Waals surface area contributed by atoms with Crippen molar-refractivity contribution in [3.05, 3.63) is 143 Å². The molecule has 0 aliphatic carbocycles. The average Bonchev–Trinajstić information content (AvgIpc) is 3.60. The van der Waals surface area contributed by atoms with Gasteiger partial charge in [0.2, 0.25) is 11.8 Å². The van der Waals surface area contributed by atoms with E-state index in [1.54, 1.807) is 25.2 Å². The van der Waals surface area contributed by atoms with Gasteiger partial charge in [-0.15, -0.1) is 0 Å². The Balaban J connectivity index is 1.35. The Morgan fingerprint density at radius 2 is 1.40 bits per heavy atom. The van der Waals surface area contributed by atoms with E-state index in [1.807, 2.05) is 91.0 Å². The van der Waals surface area contributed by atoms with E-state index in [0.717, 1.165) is 38.2 Å². The van der Waals surface area contributed by atoms with Crippen molar-refractivity contribution in [3.63, 3.8) is 0 Å². The van der Waals surface area contributed by atoms with E-state index in [4.69, 9.17) is 10.3 Å². The number of carboxylic acids is 1. The van der Waals surface area contributed by atoms with Gasteiger partial charge in [0.25, 0.3) is 11.7 Å². The zero-order valence-electron chi connectivity index (χ0n) is 25.7. The summed E-state index contributed by atoms with van der Waals surface area (Å²) < 4.78 is 5.41. The van der Waals surface area contributed by atoms with Crippen LogP contribution in [0.1, 0.15) is 49.6 Å². The van der Waals surface area contributed by atoms with E-state index in [2.05, 4.69) is 15.5 Å². The zero-order chi connectivity index (χ0) is 32.9. The van der Waals surface area contributed by atoms with Gasteiger partial charge in [-0.3, -0.25) is 9.59 Å². The first-order valence-corrected chi connectivity index (χ1v) is 15.2. The molecule has 0 aliphatic rings. The summed E-state index contributed by atoms with van der Waals surface area (Å²) in [7, 11) is 1.59. The third kappa shape index (κ3) is 7.03. The average molecular weight is 628 g/mol. The monoisotopic (exact) mass is 627 g/mol. The second-order valence-corrected chi connectivity index (χ2v) is 11.4. The molecule has 0 saturated carbocycles. The predicted octanol–water partition coefficient (Wildman–Crippen LogP) is 5.32. The maximum absolute atomic E-state index is 14.4. The van der Waals surface area contributed by atoms with Crippen LogP contribution in [-0.4, -0.2) is 51.0 Å². The quantitative estimate of drug-likeness (QED) is 0.175. The number of likely N-dealkylation sites (N-methyl/N-ethyl adjacent to an activating group) is 1. The molecule has 0 saturated heterocycles. The number of fused-ring (bicyclic) bond motifs is 2. The molecule has 0 fully saturated rings. The second-order valence-electron chi connectivity index (χ2n) is 11.4. The largest absolute Gasteiger partial charge is 0.475 e. The summed E-state index contributed by atoms with van der Waals surface area (Å²) >= 11 is 0. The molecule has 1 aromatic heterocycles. The lowest BCUT2D eigenvalue weighted by molar-refractivity contribution is -0.134. The van der Waals surface area contributed by atoms with Crippen LogP contribution in [0.15, 0.2) is 114 Å². The summed E-state index contributed by atoms with van der Waals surface area (Å²) in [5, 5.41) is 20.2.